The monoisotopic (exact) mass is 165 g/mol. The van der Waals surface area contributed by atoms with E-state index in [-0.39, 0.29) is 6.04 Å². The van der Waals surface area contributed by atoms with Gasteiger partial charge in [0.25, 0.3) is 0 Å². The van der Waals surface area contributed by atoms with Crippen LogP contribution in [0.2, 0.25) is 0 Å². The van der Waals surface area contributed by atoms with Gasteiger partial charge in [-0.3, -0.25) is 5.21 Å². The molecule has 0 aliphatic rings. The second kappa shape index (κ2) is 4.40. The van der Waals surface area contributed by atoms with Crippen LogP contribution in [0.15, 0.2) is 0 Å². The molecule has 0 bridgehead atoms. The highest BCUT2D eigenvalue weighted by Crippen LogP contribution is 2.02. The van der Waals surface area contributed by atoms with Crippen LogP contribution in [-0.4, -0.2) is 39.5 Å². The largest absolute Gasteiger partial charge is 0.463 e. The Morgan fingerprint density at radius 2 is 2.30 bits per heavy atom. The Kier molecular flexibility index (Phi) is 4.22. The van der Waals surface area contributed by atoms with Crippen LogP contribution in [0.1, 0.15) is 6.92 Å². The lowest BCUT2D eigenvalue weighted by atomic mass is 10.4. The Morgan fingerprint density at radius 3 is 2.60 bits per heavy atom. The van der Waals surface area contributed by atoms with E-state index in [0.29, 0.717) is 10.8 Å². The fourth-order valence-electron chi connectivity index (χ4n) is 0.500. The lowest BCUT2D eigenvalue weighted by Gasteiger charge is -2.17. The Bertz CT molecular complexity index is 119. The number of carbonyl (C=O) groups is 1. The molecule has 1 unspecified atom stereocenters. The third-order valence-corrected chi connectivity index (χ3v) is 1.84. The van der Waals surface area contributed by atoms with Gasteiger partial charge < -0.3 is 5.11 Å². The summed E-state index contributed by atoms with van der Waals surface area (Å²) in [6.07, 6.45) is 0.549. The van der Waals surface area contributed by atoms with Gasteiger partial charge in [0.1, 0.15) is 0 Å². The molecule has 0 saturated heterocycles. The molecule has 0 spiro atoms. The van der Waals surface area contributed by atoms with Crippen LogP contribution in [0.25, 0.3) is 0 Å². The van der Waals surface area contributed by atoms with Gasteiger partial charge in [0.15, 0.2) is 0 Å². The predicted octanol–water partition coefficient (Wildman–Crippen LogP) is 1.11. The molecule has 1 atom stereocenters. The van der Waals surface area contributed by atoms with Crippen molar-refractivity contribution in [3.63, 3.8) is 0 Å². The molecule has 0 aromatic rings. The van der Waals surface area contributed by atoms with Crippen molar-refractivity contribution in [2.45, 2.75) is 13.0 Å². The summed E-state index contributed by atoms with van der Waals surface area (Å²) in [6.45, 7) is 1.64. The molecule has 0 aliphatic heterocycles. The SMILES string of the molecule is CSCC(C)N(O)C(=O)O. The van der Waals surface area contributed by atoms with Gasteiger partial charge in [0.05, 0.1) is 6.04 Å². The molecular weight excluding hydrogens is 154 g/mol. The van der Waals surface area contributed by atoms with E-state index in [1.54, 1.807) is 6.92 Å². The number of hydrogen-bond donors (Lipinski definition) is 2. The number of thioether (sulfide) groups is 1. The Labute approximate surface area is 63.8 Å². The molecule has 0 fully saturated rings. The van der Waals surface area contributed by atoms with Crippen molar-refractivity contribution < 1.29 is 15.1 Å². The summed E-state index contributed by atoms with van der Waals surface area (Å²) in [4.78, 5) is 10.1. The molecule has 0 radical (unpaired) electrons. The molecule has 2 N–H and O–H groups in total. The Balaban J connectivity index is 3.69. The summed E-state index contributed by atoms with van der Waals surface area (Å²) < 4.78 is 0. The Morgan fingerprint density at radius 1 is 1.80 bits per heavy atom. The van der Waals surface area contributed by atoms with Gasteiger partial charge in [-0.05, 0) is 13.2 Å². The fraction of sp³-hybridized carbons (Fsp3) is 0.800. The maximum atomic E-state index is 10.1. The summed E-state index contributed by atoms with van der Waals surface area (Å²) in [5.41, 5.74) is 0. The quantitative estimate of drug-likeness (QED) is 0.485. The van der Waals surface area contributed by atoms with Crippen molar-refractivity contribution in [3.8, 4) is 0 Å². The molecule has 4 nitrogen and oxygen atoms in total. The molecule has 5 heteroatoms. The molecule has 0 aromatic carbocycles. The van der Waals surface area contributed by atoms with E-state index in [9.17, 15) is 4.79 Å². The number of carboxylic acid groups (broad SMARTS) is 1. The summed E-state index contributed by atoms with van der Waals surface area (Å²) in [5, 5.41) is 17.3. The normalized spacial score (nSPS) is 12.7. The third kappa shape index (κ3) is 2.93. The molecule has 60 valence electrons. The van der Waals surface area contributed by atoms with Crippen molar-refractivity contribution in [2.75, 3.05) is 12.0 Å². The highest BCUT2D eigenvalue weighted by molar-refractivity contribution is 7.98. The molecule has 0 saturated carbocycles. The smallest absolute Gasteiger partial charge is 0.431 e. The van der Waals surface area contributed by atoms with Crippen molar-refractivity contribution in [1.82, 2.24) is 5.06 Å². The fourth-order valence-corrected chi connectivity index (χ4v) is 1.12. The minimum Gasteiger partial charge on any atom is -0.463 e. The summed E-state index contributed by atoms with van der Waals surface area (Å²) >= 11 is 1.49. The second-order valence-corrected chi connectivity index (χ2v) is 2.84. The van der Waals surface area contributed by atoms with Crippen molar-refractivity contribution in [2.24, 2.45) is 0 Å². The lowest BCUT2D eigenvalue weighted by molar-refractivity contribution is -0.0852. The summed E-state index contributed by atoms with van der Waals surface area (Å²) in [7, 11) is 0. The van der Waals surface area contributed by atoms with Crippen molar-refractivity contribution >= 4 is 17.9 Å². The van der Waals surface area contributed by atoms with E-state index < -0.39 is 6.09 Å². The predicted molar refractivity (Wildman–Crippen MR) is 39.5 cm³/mol. The number of hydroxylamine groups is 2. The summed E-state index contributed by atoms with van der Waals surface area (Å²) in [6, 6.07) is -0.340. The number of nitrogens with zero attached hydrogens (tertiary/aromatic N) is 1. The number of hydrogen-bond acceptors (Lipinski definition) is 3. The average molecular weight is 165 g/mol. The first-order chi connectivity index (χ1) is 4.59. The first-order valence-corrected chi connectivity index (χ1v) is 4.19. The standard InChI is InChI=1S/C5H11NO3S/c1-4(3-10-2)6(9)5(7)8/h4,9H,3H2,1-2H3,(H,7,8). The zero-order valence-electron chi connectivity index (χ0n) is 5.94. The van der Waals surface area contributed by atoms with Gasteiger partial charge in [-0.15, -0.1) is 0 Å². The van der Waals surface area contributed by atoms with Crippen LogP contribution in [0.3, 0.4) is 0 Å². The molecule has 0 rings (SSSR count). The Hall–Kier alpha value is -0.420. The van der Waals surface area contributed by atoms with Crippen molar-refractivity contribution in [3.05, 3.63) is 0 Å². The molecule has 0 heterocycles. The second-order valence-electron chi connectivity index (χ2n) is 1.93. The minimum absolute atomic E-state index is 0.316. The maximum Gasteiger partial charge on any atom is 0.431 e. The van der Waals surface area contributed by atoms with E-state index in [1.807, 2.05) is 6.26 Å². The highest BCUT2D eigenvalue weighted by Gasteiger charge is 2.15. The van der Waals surface area contributed by atoms with Crippen LogP contribution in [0.4, 0.5) is 4.79 Å². The number of rotatable bonds is 3. The first-order valence-electron chi connectivity index (χ1n) is 2.79. The molecule has 0 aromatic heterocycles. The van der Waals surface area contributed by atoms with Gasteiger partial charge >= 0.3 is 6.09 Å². The van der Waals surface area contributed by atoms with Crippen LogP contribution < -0.4 is 0 Å². The summed E-state index contributed by atoms with van der Waals surface area (Å²) in [5.74, 6) is 0.600. The van der Waals surface area contributed by atoms with E-state index in [1.165, 1.54) is 11.8 Å². The maximum absolute atomic E-state index is 10.1. The molecular formula is C5H11NO3S. The van der Waals surface area contributed by atoms with Crippen LogP contribution in [0.5, 0.6) is 0 Å². The van der Waals surface area contributed by atoms with E-state index in [0.717, 1.165) is 0 Å². The van der Waals surface area contributed by atoms with Gasteiger partial charge in [-0.2, -0.15) is 16.8 Å². The lowest BCUT2D eigenvalue weighted by Crippen LogP contribution is -2.35. The van der Waals surface area contributed by atoms with Gasteiger partial charge in [-0.1, -0.05) is 0 Å². The molecule has 10 heavy (non-hydrogen) atoms. The van der Waals surface area contributed by atoms with Crippen molar-refractivity contribution in [1.29, 1.82) is 0 Å². The topological polar surface area (TPSA) is 60.8 Å². The highest BCUT2D eigenvalue weighted by atomic mass is 32.2. The number of amides is 1. The minimum atomic E-state index is -1.30. The van der Waals surface area contributed by atoms with Crippen LogP contribution in [0, 0.1) is 0 Å². The molecule has 1 amide bonds. The third-order valence-electron chi connectivity index (χ3n) is 1.02. The van der Waals surface area contributed by atoms with Crippen LogP contribution in [-0.2, 0) is 0 Å². The zero-order chi connectivity index (χ0) is 8.15. The van der Waals surface area contributed by atoms with E-state index in [2.05, 4.69) is 0 Å². The first kappa shape index (κ1) is 9.58. The van der Waals surface area contributed by atoms with Gasteiger partial charge in [0.2, 0.25) is 0 Å². The van der Waals surface area contributed by atoms with Crippen LogP contribution >= 0.6 is 11.8 Å². The molecule has 0 aliphatic carbocycles. The van der Waals surface area contributed by atoms with E-state index in [4.69, 9.17) is 10.3 Å². The zero-order valence-corrected chi connectivity index (χ0v) is 6.76. The van der Waals surface area contributed by atoms with Gasteiger partial charge in [-0.25, -0.2) is 4.79 Å². The van der Waals surface area contributed by atoms with E-state index >= 15 is 0 Å². The average Bonchev–Trinajstić information content (AvgIpc) is 1.87. The van der Waals surface area contributed by atoms with Gasteiger partial charge in [0, 0.05) is 5.75 Å².